The van der Waals surface area contributed by atoms with Crippen LogP contribution in [0.1, 0.15) is 22.5 Å². The number of alkyl halides is 2. The normalized spacial score (nSPS) is 10.5. The van der Waals surface area contributed by atoms with Crippen molar-refractivity contribution in [2.75, 3.05) is 12.8 Å². The number of nitrogens with zero attached hydrogens (tertiary/aromatic N) is 1. The van der Waals surface area contributed by atoms with Gasteiger partial charge in [0, 0.05) is 0 Å². The molecule has 15 heavy (non-hydrogen) atoms. The number of nitrogens with two attached hydrogens (primary N) is 1. The molecule has 0 atom stereocenters. The van der Waals surface area contributed by atoms with Crippen LogP contribution in [0.25, 0.3) is 0 Å². The Bertz CT molecular complexity index is 396. The van der Waals surface area contributed by atoms with Gasteiger partial charge < -0.3 is 10.5 Å². The fraction of sp³-hybridized carbons (Fsp3) is 0.250. The number of methoxy groups -OCH3 is 1. The van der Waals surface area contributed by atoms with Crippen LogP contribution in [-0.4, -0.2) is 18.1 Å². The van der Waals surface area contributed by atoms with E-state index in [4.69, 9.17) is 5.73 Å². The van der Waals surface area contributed by atoms with E-state index in [1.165, 1.54) is 0 Å². The Kier molecular flexibility index (Phi) is 3.13. The van der Waals surface area contributed by atoms with Gasteiger partial charge in [0.2, 0.25) is 5.95 Å². The van der Waals surface area contributed by atoms with Crippen LogP contribution >= 0.6 is 0 Å². The van der Waals surface area contributed by atoms with Gasteiger partial charge in [0.1, 0.15) is 11.3 Å². The molecular weight excluding hydrogens is 213 g/mol. The molecule has 1 rings (SSSR count). The summed E-state index contributed by atoms with van der Waals surface area (Å²) in [7, 11) is 1.03. The number of ether oxygens (including phenoxy) is 1. The van der Waals surface area contributed by atoms with E-state index in [1.807, 2.05) is 0 Å². The maximum Gasteiger partial charge on any atom is 0.342 e. The van der Waals surface area contributed by atoms with Crippen LogP contribution in [0.15, 0.2) is 6.07 Å². The standard InChI is InChI=1S/C8H7F3N2O2/c1-15-8(14)3-2-4(12)5(6(9)10)13-7(3)11/h2,6H,12H2,1H3. The lowest BCUT2D eigenvalue weighted by Gasteiger charge is -2.06. The number of halogens is 3. The molecule has 4 nitrogen and oxygen atoms in total. The summed E-state index contributed by atoms with van der Waals surface area (Å²) in [5, 5.41) is 0. The molecule has 0 spiro atoms. The van der Waals surface area contributed by atoms with E-state index in [0.717, 1.165) is 13.2 Å². The number of hydrogen-bond donors (Lipinski definition) is 1. The van der Waals surface area contributed by atoms with Crippen LogP contribution in [-0.2, 0) is 4.74 Å². The predicted molar refractivity (Wildman–Crippen MR) is 44.9 cm³/mol. The molecule has 1 aromatic rings. The number of anilines is 1. The third kappa shape index (κ3) is 2.17. The Labute approximate surface area is 82.9 Å². The van der Waals surface area contributed by atoms with Crippen molar-refractivity contribution >= 4 is 11.7 Å². The first-order chi connectivity index (χ1) is 6.97. The van der Waals surface area contributed by atoms with Gasteiger partial charge >= 0.3 is 5.97 Å². The summed E-state index contributed by atoms with van der Waals surface area (Å²) in [4.78, 5) is 13.8. The maximum absolute atomic E-state index is 13.0. The number of nitrogen functional groups attached to an aromatic ring is 1. The summed E-state index contributed by atoms with van der Waals surface area (Å²) < 4.78 is 41.6. The highest BCUT2D eigenvalue weighted by Gasteiger charge is 2.21. The average molecular weight is 220 g/mol. The highest BCUT2D eigenvalue weighted by atomic mass is 19.3. The van der Waals surface area contributed by atoms with E-state index in [1.54, 1.807) is 0 Å². The first kappa shape index (κ1) is 11.3. The van der Waals surface area contributed by atoms with Crippen molar-refractivity contribution in [2.24, 2.45) is 0 Å². The van der Waals surface area contributed by atoms with Crippen molar-refractivity contribution in [3.8, 4) is 0 Å². The smallest absolute Gasteiger partial charge is 0.342 e. The number of hydrogen-bond acceptors (Lipinski definition) is 4. The van der Waals surface area contributed by atoms with Crippen molar-refractivity contribution in [3.05, 3.63) is 23.3 Å². The Morgan fingerprint density at radius 1 is 1.60 bits per heavy atom. The maximum atomic E-state index is 13.0. The molecule has 82 valence electrons. The molecule has 0 aliphatic rings. The molecule has 0 bridgehead atoms. The SMILES string of the molecule is COC(=O)c1cc(N)c(C(F)F)nc1F. The molecule has 0 aromatic carbocycles. The van der Waals surface area contributed by atoms with E-state index in [-0.39, 0.29) is 0 Å². The molecule has 0 amide bonds. The van der Waals surface area contributed by atoms with Gasteiger partial charge in [-0.2, -0.15) is 4.39 Å². The molecule has 0 saturated heterocycles. The van der Waals surface area contributed by atoms with Gasteiger partial charge in [-0.05, 0) is 6.07 Å². The molecule has 0 saturated carbocycles. The van der Waals surface area contributed by atoms with Crippen LogP contribution in [0.4, 0.5) is 18.9 Å². The first-order valence-electron chi connectivity index (χ1n) is 3.79. The van der Waals surface area contributed by atoms with E-state index in [2.05, 4.69) is 9.72 Å². The number of aromatic nitrogens is 1. The van der Waals surface area contributed by atoms with Crippen molar-refractivity contribution < 1.29 is 22.7 Å². The second kappa shape index (κ2) is 4.16. The summed E-state index contributed by atoms with van der Waals surface area (Å²) in [5.41, 5.74) is 3.26. The number of carbonyl (C=O) groups excluding carboxylic acids is 1. The van der Waals surface area contributed by atoms with Crippen molar-refractivity contribution in [1.29, 1.82) is 0 Å². The van der Waals surface area contributed by atoms with E-state index < -0.39 is 35.3 Å². The van der Waals surface area contributed by atoms with Gasteiger partial charge in [-0.3, -0.25) is 0 Å². The predicted octanol–water partition coefficient (Wildman–Crippen LogP) is 1.53. The number of rotatable bonds is 2. The quantitative estimate of drug-likeness (QED) is 0.606. The lowest BCUT2D eigenvalue weighted by atomic mass is 10.2. The zero-order valence-corrected chi connectivity index (χ0v) is 7.63. The molecule has 0 fully saturated rings. The lowest BCUT2D eigenvalue weighted by molar-refractivity contribution is 0.0593. The Morgan fingerprint density at radius 3 is 2.67 bits per heavy atom. The van der Waals surface area contributed by atoms with Gasteiger partial charge in [-0.1, -0.05) is 0 Å². The lowest BCUT2D eigenvalue weighted by Crippen LogP contribution is -2.10. The van der Waals surface area contributed by atoms with E-state index in [9.17, 15) is 18.0 Å². The fourth-order valence-electron chi connectivity index (χ4n) is 0.947. The second-order valence-corrected chi connectivity index (χ2v) is 2.59. The van der Waals surface area contributed by atoms with Gasteiger partial charge in [-0.25, -0.2) is 18.6 Å². The fourth-order valence-corrected chi connectivity index (χ4v) is 0.947. The molecule has 0 aliphatic heterocycles. The Balaban J connectivity index is 3.25. The number of carbonyl (C=O) groups is 1. The van der Waals surface area contributed by atoms with Crippen molar-refractivity contribution in [3.63, 3.8) is 0 Å². The minimum Gasteiger partial charge on any atom is -0.465 e. The summed E-state index contributed by atoms with van der Waals surface area (Å²) >= 11 is 0. The minimum atomic E-state index is -2.99. The summed E-state index contributed by atoms with van der Waals surface area (Å²) in [5.74, 6) is -2.35. The average Bonchev–Trinajstić information content (AvgIpc) is 2.19. The van der Waals surface area contributed by atoms with Crippen LogP contribution in [0.2, 0.25) is 0 Å². The molecule has 0 unspecified atom stereocenters. The Hall–Kier alpha value is -1.79. The largest absolute Gasteiger partial charge is 0.465 e. The van der Waals surface area contributed by atoms with Crippen molar-refractivity contribution in [1.82, 2.24) is 4.98 Å². The number of pyridine rings is 1. The molecule has 0 radical (unpaired) electrons. The van der Waals surface area contributed by atoms with Gasteiger partial charge in [0.05, 0.1) is 12.8 Å². The molecule has 7 heteroatoms. The van der Waals surface area contributed by atoms with E-state index >= 15 is 0 Å². The summed E-state index contributed by atoms with van der Waals surface area (Å²) in [6.45, 7) is 0. The van der Waals surface area contributed by atoms with Crippen LogP contribution in [0.3, 0.4) is 0 Å². The third-order valence-corrected chi connectivity index (χ3v) is 1.65. The summed E-state index contributed by atoms with van der Waals surface area (Å²) in [6.07, 6.45) is -2.99. The first-order valence-corrected chi connectivity index (χ1v) is 3.79. The van der Waals surface area contributed by atoms with Gasteiger partial charge in [0.15, 0.2) is 0 Å². The van der Waals surface area contributed by atoms with Crippen LogP contribution in [0.5, 0.6) is 0 Å². The third-order valence-electron chi connectivity index (χ3n) is 1.65. The summed E-state index contributed by atoms with van der Waals surface area (Å²) in [6, 6.07) is 0.773. The monoisotopic (exact) mass is 220 g/mol. The van der Waals surface area contributed by atoms with Crippen molar-refractivity contribution in [2.45, 2.75) is 6.43 Å². The minimum absolute atomic E-state index is 0.452. The van der Waals surface area contributed by atoms with Gasteiger partial charge in [-0.15, -0.1) is 0 Å². The molecule has 2 N–H and O–H groups in total. The topological polar surface area (TPSA) is 65.2 Å². The Morgan fingerprint density at radius 2 is 2.20 bits per heavy atom. The van der Waals surface area contributed by atoms with Gasteiger partial charge in [0.25, 0.3) is 6.43 Å². The molecule has 0 aliphatic carbocycles. The van der Waals surface area contributed by atoms with Crippen LogP contribution in [0, 0.1) is 5.95 Å². The van der Waals surface area contributed by atoms with E-state index in [0.29, 0.717) is 0 Å². The molecular formula is C8H7F3N2O2. The highest BCUT2D eigenvalue weighted by molar-refractivity contribution is 5.90. The molecule has 1 aromatic heterocycles. The molecule has 1 heterocycles. The second-order valence-electron chi connectivity index (χ2n) is 2.59. The highest BCUT2D eigenvalue weighted by Crippen LogP contribution is 2.24. The zero-order chi connectivity index (χ0) is 11.6. The zero-order valence-electron chi connectivity index (χ0n) is 7.63. The van der Waals surface area contributed by atoms with Crippen LogP contribution < -0.4 is 5.73 Å². The number of esters is 1.